The molecule has 0 saturated carbocycles. The molecular formula is C16H19N5O. The van der Waals surface area contributed by atoms with Crippen LogP contribution in [-0.4, -0.2) is 27.7 Å². The van der Waals surface area contributed by atoms with Crippen LogP contribution in [0.25, 0.3) is 10.9 Å². The third-order valence-corrected chi connectivity index (χ3v) is 3.63. The number of benzene rings is 1. The van der Waals surface area contributed by atoms with Crippen LogP contribution in [0.4, 0.5) is 5.69 Å². The Bertz CT molecular complexity index is 817. The fraction of sp³-hybridized carbons (Fsp3) is 0.250. The number of likely N-dealkylation sites (N-methyl/N-ethyl adjacent to an activating group) is 1. The Kier molecular flexibility index (Phi) is 3.68. The Balaban J connectivity index is 1.81. The summed E-state index contributed by atoms with van der Waals surface area (Å²) < 4.78 is 1.68. The molecule has 0 aliphatic heterocycles. The van der Waals surface area contributed by atoms with Crippen molar-refractivity contribution in [2.75, 3.05) is 12.4 Å². The average molecular weight is 297 g/mol. The number of amides is 1. The van der Waals surface area contributed by atoms with Gasteiger partial charge < -0.3 is 15.6 Å². The highest BCUT2D eigenvalue weighted by atomic mass is 16.2. The first-order valence-corrected chi connectivity index (χ1v) is 7.13. The summed E-state index contributed by atoms with van der Waals surface area (Å²) in [6, 6.07) is 7.45. The Hall–Kier alpha value is -2.60. The number of aromatic nitrogens is 3. The molecule has 0 aliphatic rings. The number of carbonyl (C=O) groups excluding carboxylic acids is 1. The first-order valence-electron chi connectivity index (χ1n) is 7.13. The summed E-state index contributed by atoms with van der Waals surface area (Å²) in [5.74, 6) is -0.109. The van der Waals surface area contributed by atoms with Crippen molar-refractivity contribution in [3.8, 4) is 0 Å². The quantitative estimate of drug-likeness (QED) is 0.690. The number of rotatable bonds is 4. The van der Waals surface area contributed by atoms with Crippen molar-refractivity contribution in [3.63, 3.8) is 0 Å². The number of anilines is 1. The van der Waals surface area contributed by atoms with Gasteiger partial charge in [0, 0.05) is 41.1 Å². The largest absolute Gasteiger partial charge is 0.359 e. The summed E-state index contributed by atoms with van der Waals surface area (Å²) in [5.41, 5.74) is 3.77. The van der Waals surface area contributed by atoms with Gasteiger partial charge in [-0.05, 0) is 38.2 Å². The summed E-state index contributed by atoms with van der Waals surface area (Å²) in [6.07, 6.45) is 3.53. The van der Waals surface area contributed by atoms with E-state index in [1.165, 1.54) is 0 Å². The lowest BCUT2D eigenvalue weighted by Gasteiger charge is -2.14. The molecule has 1 unspecified atom stereocenters. The van der Waals surface area contributed by atoms with Gasteiger partial charge in [-0.15, -0.1) is 0 Å². The van der Waals surface area contributed by atoms with Crippen LogP contribution in [0, 0.1) is 6.92 Å². The van der Waals surface area contributed by atoms with Crippen LogP contribution >= 0.6 is 0 Å². The van der Waals surface area contributed by atoms with Crippen LogP contribution in [0.2, 0.25) is 0 Å². The van der Waals surface area contributed by atoms with Gasteiger partial charge >= 0.3 is 0 Å². The van der Waals surface area contributed by atoms with E-state index in [1.54, 1.807) is 17.9 Å². The molecule has 0 fully saturated rings. The van der Waals surface area contributed by atoms with Gasteiger partial charge in [0.15, 0.2) is 0 Å². The second kappa shape index (κ2) is 5.65. The number of aromatic amines is 1. The molecule has 22 heavy (non-hydrogen) atoms. The van der Waals surface area contributed by atoms with Gasteiger partial charge in [-0.2, -0.15) is 5.10 Å². The minimum absolute atomic E-state index is 0.109. The van der Waals surface area contributed by atoms with Crippen molar-refractivity contribution in [1.29, 1.82) is 0 Å². The van der Waals surface area contributed by atoms with Gasteiger partial charge in [-0.25, -0.2) is 0 Å². The third-order valence-electron chi connectivity index (χ3n) is 3.63. The number of fused-ring (bicyclic) bond motifs is 1. The Morgan fingerprint density at radius 2 is 2.18 bits per heavy atom. The lowest BCUT2D eigenvalue weighted by Crippen LogP contribution is -2.30. The van der Waals surface area contributed by atoms with Crippen molar-refractivity contribution in [2.24, 2.45) is 7.05 Å². The minimum atomic E-state index is -0.433. The maximum absolute atomic E-state index is 12.5. The lowest BCUT2D eigenvalue weighted by atomic mass is 10.1. The van der Waals surface area contributed by atoms with Crippen LogP contribution in [0.5, 0.6) is 0 Å². The van der Waals surface area contributed by atoms with E-state index in [-0.39, 0.29) is 5.91 Å². The SMILES string of the molecule is CNC(C(=O)Nc1ccc2[nH]c(C)cc2c1)c1cnn(C)c1. The van der Waals surface area contributed by atoms with Crippen molar-refractivity contribution in [3.05, 3.63) is 47.9 Å². The van der Waals surface area contributed by atoms with E-state index < -0.39 is 6.04 Å². The molecule has 2 heterocycles. The molecule has 6 heteroatoms. The van der Waals surface area contributed by atoms with E-state index in [4.69, 9.17) is 0 Å². The van der Waals surface area contributed by atoms with E-state index >= 15 is 0 Å². The fourth-order valence-electron chi connectivity index (χ4n) is 2.61. The topological polar surface area (TPSA) is 74.7 Å². The molecule has 0 radical (unpaired) electrons. The molecule has 0 aliphatic carbocycles. The smallest absolute Gasteiger partial charge is 0.246 e. The zero-order chi connectivity index (χ0) is 15.7. The summed E-state index contributed by atoms with van der Waals surface area (Å²) in [7, 11) is 3.59. The van der Waals surface area contributed by atoms with Crippen LogP contribution in [0.1, 0.15) is 17.3 Å². The first kappa shape index (κ1) is 14.3. The van der Waals surface area contributed by atoms with Crippen LogP contribution < -0.4 is 10.6 Å². The minimum Gasteiger partial charge on any atom is -0.359 e. The van der Waals surface area contributed by atoms with Gasteiger partial charge in [0.05, 0.1) is 6.20 Å². The molecule has 6 nitrogen and oxygen atoms in total. The third kappa shape index (κ3) is 2.73. The second-order valence-corrected chi connectivity index (χ2v) is 5.41. The number of aryl methyl sites for hydroxylation is 2. The van der Waals surface area contributed by atoms with E-state index in [2.05, 4.69) is 26.8 Å². The number of H-pyrrole nitrogens is 1. The molecule has 2 aromatic heterocycles. The van der Waals surface area contributed by atoms with Crippen molar-refractivity contribution in [1.82, 2.24) is 20.1 Å². The summed E-state index contributed by atoms with van der Waals surface area (Å²) >= 11 is 0. The molecule has 3 N–H and O–H groups in total. The van der Waals surface area contributed by atoms with Gasteiger partial charge in [-0.3, -0.25) is 9.48 Å². The van der Waals surface area contributed by atoms with E-state index in [0.29, 0.717) is 0 Å². The standard InChI is InChI=1S/C16H19N5O/c1-10-6-11-7-13(4-5-14(11)19-10)20-16(22)15(17-2)12-8-18-21(3)9-12/h4-9,15,17,19H,1-3H3,(H,20,22). The Morgan fingerprint density at radius 1 is 1.36 bits per heavy atom. The summed E-state index contributed by atoms with van der Waals surface area (Å²) in [5, 5.41) is 11.2. The highest BCUT2D eigenvalue weighted by Gasteiger charge is 2.20. The lowest BCUT2D eigenvalue weighted by molar-refractivity contribution is -0.118. The van der Waals surface area contributed by atoms with Gasteiger partial charge in [0.2, 0.25) is 5.91 Å². The highest BCUT2D eigenvalue weighted by Crippen LogP contribution is 2.21. The maximum atomic E-state index is 12.5. The van der Waals surface area contributed by atoms with Crippen molar-refractivity contribution >= 4 is 22.5 Å². The number of hydrogen-bond donors (Lipinski definition) is 3. The second-order valence-electron chi connectivity index (χ2n) is 5.41. The summed E-state index contributed by atoms with van der Waals surface area (Å²) in [4.78, 5) is 15.7. The monoisotopic (exact) mass is 297 g/mol. The van der Waals surface area contributed by atoms with Gasteiger partial charge in [-0.1, -0.05) is 0 Å². The van der Waals surface area contributed by atoms with Crippen LogP contribution in [0.3, 0.4) is 0 Å². The molecule has 3 aromatic rings. The maximum Gasteiger partial charge on any atom is 0.246 e. The molecule has 1 atom stereocenters. The summed E-state index contributed by atoms with van der Waals surface area (Å²) in [6.45, 7) is 2.01. The molecule has 0 saturated heterocycles. The Morgan fingerprint density at radius 3 is 2.86 bits per heavy atom. The van der Waals surface area contributed by atoms with E-state index in [9.17, 15) is 4.79 Å². The average Bonchev–Trinajstić information content (AvgIpc) is 3.04. The molecule has 0 bridgehead atoms. The van der Waals surface area contributed by atoms with Crippen LogP contribution in [-0.2, 0) is 11.8 Å². The molecule has 1 aromatic carbocycles. The van der Waals surface area contributed by atoms with E-state index in [0.717, 1.165) is 27.8 Å². The molecule has 1 amide bonds. The zero-order valence-corrected chi connectivity index (χ0v) is 12.8. The molecule has 3 rings (SSSR count). The van der Waals surface area contributed by atoms with Gasteiger partial charge in [0.25, 0.3) is 0 Å². The Labute approximate surface area is 128 Å². The molecule has 0 spiro atoms. The van der Waals surface area contributed by atoms with Crippen LogP contribution in [0.15, 0.2) is 36.7 Å². The molecule has 114 valence electrons. The zero-order valence-electron chi connectivity index (χ0n) is 12.8. The number of carbonyl (C=O) groups is 1. The number of nitrogens with zero attached hydrogens (tertiary/aromatic N) is 2. The predicted octanol–water partition coefficient (Wildman–Crippen LogP) is 2.11. The van der Waals surface area contributed by atoms with Gasteiger partial charge in [0.1, 0.15) is 6.04 Å². The van der Waals surface area contributed by atoms with Crippen molar-refractivity contribution < 1.29 is 4.79 Å². The fourth-order valence-corrected chi connectivity index (χ4v) is 2.61. The van der Waals surface area contributed by atoms with E-state index in [1.807, 2.05) is 38.4 Å². The molecular weight excluding hydrogens is 278 g/mol. The number of hydrogen-bond acceptors (Lipinski definition) is 3. The first-order chi connectivity index (χ1) is 10.6. The normalized spacial score (nSPS) is 12.5. The highest BCUT2D eigenvalue weighted by molar-refractivity contribution is 5.97. The number of nitrogens with one attached hydrogen (secondary N) is 3. The van der Waals surface area contributed by atoms with Crippen molar-refractivity contribution in [2.45, 2.75) is 13.0 Å². The predicted molar refractivity (Wildman–Crippen MR) is 86.7 cm³/mol.